The van der Waals surface area contributed by atoms with Gasteiger partial charge >= 0.3 is 0 Å². The van der Waals surface area contributed by atoms with E-state index < -0.39 is 0 Å². The molecule has 9 nitrogen and oxygen atoms in total. The summed E-state index contributed by atoms with van der Waals surface area (Å²) in [7, 11) is 2.15. The predicted octanol–water partition coefficient (Wildman–Crippen LogP) is 2.61. The van der Waals surface area contributed by atoms with E-state index in [1.54, 1.807) is 6.33 Å². The molecule has 2 aromatic heterocycles. The molecule has 0 atom stereocenters. The van der Waals surface area contributed by atoms with Gasteiger partial charge in [0.05, 0.1) is 17.4 Å². The lowest BCUT2D eigenvalue weighted by atomic mass is 9.93. The number of nitrogens with one attached hydrogen (secondary N) is 2. The Hall–Kier alpha value is -2.52. The molecule has 0 amide bonds. The Kier molecular flexibility index (Phi) is 7.70. The number of hydrogen-bond acceptors (Lipinski definition) is 9. The first-order chi connectivity index (χ1) is 15.6. The van der Waals surface area contributed by atoms with Crippen molar-refractivity contribution in [3.8, 4) is 11.3 Å². The van der Waals surface area contributed by atoms with Gasteiger partial charge in [-0.15, -0.1) is 0 Å². The number of rotatable bonds is 8. The molecule has 1 aliphatic heterocycles. The maximum absolute atomic E-state index is 9.87. The maximum atomic E-state index is 9.87. The van der Waals surface area contributed by atoms with E-state index in [2.05, 4.69) is 49.4 Å². The molecule has 4 rings (SSSR count). The van der Waals surface area contributed by atoms with Crippen molar-refractivity contribution >= 4 is 17.6 Å². The van der Waals surface area contributed by atoms with Crippen LogP contribution in [0.4, 0.5) is 17.6 Å². The molecule has 2 aliphatic rings. The number of aromatic nitrogens is 4. The molecule has 0 radical (unpaired) electrons. The molecule has 0 spiro atoms. The number of aliphatic hydroxyl groups excluding tert-OH is 1. The summed E-state index contributed by atoms with van der Waals surface area (Å²) < 4.78 is 0. The van der Waals surface area contributed by atoms with Crippen LogP contribution in [0.5, 0.6) is 0 Å². The van der Waals surface area contributed by atoms with Crippen molar-refractivity contribution in [2.24, 2.45) is 0 Å². The third-order valence-corrected chi connectivity index (χ3v) is 6.40. The van der Waals surface area contributed by atoms with Crippen LogP contribution in [-0.4, -0.2) is 81.9 Å². The lowest BCUT2D eigenvalue weighted by Gasteiger charge is -2.33. The van der Waals surface area contributed by atoms with Gasteiger partial charge in [0.1, 0.15) is 18.0 Å². The number of piperazine rings is 1. The van der Waals surface area contributed by atoms with Crippen LogP contribution in [0.3, 0.4) is 0 Å². The van der Waals surface area contributed by atoms with Crippen molar-refractivity contribution in [3.05, 3.63) is 18.6 Å². The molecular formula is C23H36N8O. The molecule has 0 aromatic carbocycles. The minimum Gasteiger partial charge on any atom is -0.393 e. The second kappa shape index (κ2) is 10.9. The number of aliphatic hydroxyl groups is 1. The summed E-state index contributed by atoms with van der Waals surface area (Å²) in [6.07, 6.45) is 9.01. The summed E-state index contributed by atoms with van der Waals surface area (Å²) in [6, 6.07) is 2.33. The standard InChI is InChI=1S/C23H36N8O/c1-3-4-9-24-23-25-15-19(22(29-23)28-17-5-7-18(32)8-6-17)20-14-21(27-16-26-20)31-12-10-30(2)11-13-31/h14-18,32H,3-13H2,1-2H3,(H2,24,25,28,29)/t17-,18-. The van der Waals surface area contributed by atoms with Gasteiger partial charge in [0, 0.05) is 51.0 Å². The van der Waals surface area contributed by atoms with Crippen LogP contribution in [0, 0.1) is 0 Å². The van der Waals surface area contributed by atoms with Crippen molar-refractivity contribution < 1.29 is 5.11 Å². The Bertz CT molecular complexity index is 863. The fraction of sp³-hybridized carbons (Fsp3) is 0.652. The molecule has 1 saturated carbocycles. The van der Waals surface area contributed by atoms with Gasteiger partial charge in [-0.25, -0.2) is 15.0 Å². The smallest absolute Gasteiger partial charge is 0.224 e. The van der Waals surface area contributed by atoms with E-state index in [1.165, 1.54) is 0 Å². The lowest BCUT2D eigenvalue weighted by Crippen LogP contribution is -2.44. The summed E-state index contributed by atoms with van der Waals surface area (Å²) in [4.78, 5) is 23.1. The topological polar surface area (TPSA) is 102 Å². The molecule has 0 unspecified atom stereocenters. The highest BCUT2D eigenvalue weighted by molar-refractivity contribution is 5.74. The number of nitrogens with zero attached hydrogens (tertiary/aromatic N) is 6. The van der Waals surface area contributed by atoms with Gasteiger partial charge in [-0.3, -0.25) is 0 Å². The first-order valence-corrected chi connectivity index (χ1v) is 11.9. The quantitative estimate of drug-likeness (QED) is 0.535. The van der Waals surface area contributed by atoms with Crippen molar-refractivity contribution in [1.82, 2.24) is 24.8 Å². The summed E-state index contributed by atoms with van der Waals surface area (Å²) >= 11 is 0. The van der Waals surface area contributed by atoms with Gasteiger partial charge in [-0.2, -0.15) is 4.98 Å². The van der Waals surface area contributed by atoms with E-state index in [1.807, 2.05) is 12.3 Å². The van der Waals surface area contributed by atoms with Crippen LogP contribution in [0.1, 0.15) is 45.4 Å². The highest BCUT2D eigenvalue weighted by Gasteiger charge is 2.22. The van der Waals surface area contributed by atoms with Crippen molar-refractivity contribution in [3.63, 3.8) is 0 Å². The lowest BCUT2D eigenvalue weighted by molar-refractivity contribution is 0.126. The molecule has 1 aliphatic carbocycles. The van der Waals surface area contributed by atoms with Crippen LogP contribution < -0.4 is 15.5 Å². The van der Waals surface area contributed by atoms with Crippen molar-refractivity contribution in [1.29, 1.82) is 0 Å². The molecule has 1 saturated heterocycles. The van der Waals surface area contributed by atoms with Crippen molar-refractivity contribution in [2.45, 2.75) is 57.6 Å². The minimum absolute atomic E-state index is 0.183. The third kappa shape index (κ3) is 5.83. The number of anilines is 3. The van der Waals surface area contributed by atoms with Crippen LogP contribution in [0.2, 0.25) is 0 Å². The zero-order chi connectivity index (χ0) is 22.3. The van der Waals surface area contributed by atoms with Crippen LogP contribution in [-0.2, 0) is 0 Å². The average molecular weight is 441 g/mol. The van der Waals surface area contributed by atoms with E-state index in [0.717, 1.165) is 94.1 Å². The minimum atomic E-state index is -0.183. The zero-order valence-corrected chi connectivity index (χ0v) is 19.3. The molecule has 3 heterocycles. The summed E-state index contributed by atoms with van der Waals surface area (Å²) in [5, 5.41) is 16.8. The van der Waals surface area contributed by atoms with Gasteiger partial charge < -0.3 is 25.5 Å². The third-order valence-electron chi connectivity index (χ3n) is 6.40. The first-order valence-electron chi connectivity index (χ1n) is 11.9. The second-order valence-electron chi connectivity index (χ2n) is 8.94. The highest BCUT2D eigenvalue weighted by Crippen LogP contribution is 2.30. The van der Waals surface area contributed by atoms with Crippen molar-refractivity contribution in [2.75, 3.05) is 55.3 Å². The first kappa shape index (κ1) is 22.7. The Labute approximate surface area is 190 Å². The number of unbranched alkanes of at least 4 members (excludes halogenated alkanes) is 1. The van der Waals surface area contributed by atoms with Crippen LogP contribution >= 0.6 is 0 Å². The van der Waals surface area contributed by atoms with Crippen LogP contribution in [0.15, 0.2) is 18.6 Å². The van der Waals surface area contributed by atoms with E-state index >= 15 is 0 Å². The Morgan fingerprint density at radius 2 is 1.84 bits per heavy atom. The van der Waals surface area contributed by atoms with E-state index in [-0.39, 0.29) is 12.1 Å². The maximum Gasteiger partial charge on any atom is 0.224 e. The van der Waals surface area contributed by atoms with E-state index in [4.69, 9.17) is 4.98 Å². The monoisotopic (exact) mass is 440 g/mol. The fourth-order valence-electron chi connectivity index (χ4n) is 4.26. The number of hydrogen-bond donors (Lipinski definition) is 3. The fourth-order valence-corrected chi connectivity index (χ4v) is 4.26. The SMILES string of the molecule is CCCCNc1ncc(-c2cc(N3CCN(C)CC3)ncn2)c(N[C@H]2CC[C@H](O)CC2)n1. The Morgan fingerprint density at radius 3 is 2.59 bits per heavy atom. The summed E-state index contributed by atoms with van der Waals surface area (Å²) in [5.41, 5.74) is 1.71. The zero-order valence-electron chi connectivity index (χ0n) is 19.3. The number of likely N-dealkylation sites (N-methyl/N-ethyl adjacent to an activating group) is 1. The summed E-state index contributed by atoms with van der Waals surface area (Å²) in [6.45, 7) is 7.00. The Morgan fingerprint density at radius 1 is 1.06 bits per heavy atom. The molecule has 9 heteroatoms. The molecule has 174 valence electrons. The van der Waals surface area contributed by atoms with Gasteiger partial charge in [-0.05, 0) is 39.2 Å². The predicted molar refractivity (Wildman–Crippen MR) is 128 cm³/mol. The molecular weight excluding hydrogens is 404 g/mol. The molecule has 0 bridgehead atoms. The largest absolute Gasteiger partial charge is 0.393 e. The van der Waals surface area contributed by atoms with E-state index in [0.29, 0.717) is 5.95 Å². The molecule has 2 aromatic rings. The van der Waals surface area contributed by atoms with E-state index in [9.17, 15) is 5.11 Å². The summed E-state index contributed by atoms with van der Waals surface area (Å²) in [5.74, 6) is 2.37. The van der Waals surface area contributed by atoms with Gasteiger partial charge in [0.2, 0.25) is 5.95 Å². The molecule has 3 N–H and O–H groups in total. The highest BCUT2D eigenvalue weighted by atomic mass is 16.3. The molecule has 32 heavy (non-hydrogen) atoms. The van der Waals surface area contributed by atoms with Crippen LogP contribution in [0.25, 0.3) is 11.3 Å². The van der Waals surface area contributed by atoms with Gasteiger partial charge in [-0.1, -0.05) is 13.3 Å². The normalized spacial score (nSPS) is 22.0. The van der Waals surface area contributed by atoms with Gasteiger partial charge in [0.15, 0.2) is 0 Å². The second-order valence-corrected chi connectivity index (χ2v) is 8.94. The van der Waals surface area contributed by atoms with Gasteiger partial charge in [0.25, 0.3) is 0 Å². The Balaban J connectivity index is 1.58. The molecule has 2 fully saturated rings. The average Bonchev–Trinajstić information content (AvgIpc) is 2.81.